The number of anilines is 1. The van der Waals surface area contributed by atoms with E-state index in [2.05, 4.69) is 15.3 Å². The predicted octanol–water partition coefficient (Wildman–Crippen LogP) is 5.93. The van der Waals surface area contributed by atoms with Crippen molar-refractivity contribution < 1.29 is 23.5 Å². The van der Waals surface area contributed by atoms with Crippen molar-refractivity contribution in [3.05, 3.63) is 83.7 Å². The summed E-state index contributed by atoms with van der Waals surface area (Å²) < 4.78 is 25.1. The summed E-state index contributed by atoms with van der Waals surface area (Å²) in [5, 5.41) is 3.32. The van der Waals surface area contributed by atoms with Gasteiger partial charge < -0.3 is 24.7 Å². The summed E-state index contributed by atoms with van der Waals surface area (Å²) in [5.41, 5.74) is 3.77. The topological polar surface area (TPSA) is 96.6 Å². The minimum absolute atomic E-state index is 0.149. The van der Waals surface area contributed by atoms with Crippen LogP contribution in [0.15, 0.2) is 66.7 Å². The second kappa shape index (κ2) is 10.4. The third-order valence-electron chi connectivity index (χ3n) is 6.44. The number of benzene rings is 3. The van der Waals surface area contributed by atoms with Gasteiger partial charge in [-0.05, 0) is 74.7 Å². The number of nitrogens with zero attached hydrogens (tertiary/aromatic N) is 2. The zero-order valence-corrected chi connectivity index (χ0v) is 22.3. The number of imidazole rings is 1. The Morgan fingerprint density at radius 3 is 2.54 bits per heavy atom. The Labute approximate surface area is 226 Å². The van der Waals surface area contributed by atoms with E-state index in [4.69, 9.17) is 9.47 Å². The number of ether oxygens (including phenoxy) is 2. The van der Waals surface area contributed by atoms with Crippen LogP contribution in [-0.2, 0) is 9.47 Å². The van der Waals surface area contributed by atoms with Gasteiger partial charge in [0.25, 0.3) is 0 Å². The van der Waals surface area contributed by atoms with Gasteiger partial charge in [0.15, 0.2) is 0 Å². The average Bonchev–Trinajstić information content (AvgIpc) is 3.46. The highest BCUT2D eigenvalue weighted by molar-refractivity contribution is 5.97. The fourth-order valence-corrected chi connectivity index (χ4v) is 4.62. The van der Waals surface area contributed by atoms with Crippen LogP contribution in [0.2, 0.25) is 0 Å². The number of rotatable bonds is 5. The molecule has 1 amide bonds. The number of nitrogens with one attached hydrogen (secondary N) is 2. The molecule has 4 aromatic rings. The highest BCUT2D eigenvalue weighted by atomic mass is 19.1. The van der Waals surface area contributed by atoms with Gasteiger partial charge in [0.2, 0.25) is 5.95 Å². The van der Waals surface area contributed by atoms with Gasteiger partial charge >= 0.3 is 12.1 Å². The molecule has 1 saturated heterocycles. The highest BCUT2D eigenvalue weighted by Gasteiger charge is 2.40. The first kappa shape index (κ1) is 26.2. The molecule has 0 radical (unpaired) electrons. The van der Waals surface area contributed by atoms with Gasteiger partial charge in [0.1, 0.15) is 17.5 Å². The van der Waals surface area contributed by atoms with Crippen LogP contribution in [0.1, 0.15) is 36.7 Å². The van der Waals surface area contributed by atoms with Crippen molar-refractivity contribution in [1.82, 2.24) is 14.9 Å². The molecule has 0 saturated carbocycles. The quantitative estimate of drug-likeness (QED) is 0.310. The largest absolute Gasteiger partial charge is 0.455 e. The van der Waals surface area contributed by atoms with Gasteiger partial charge in [-0.15, -0.1) is 0 Å². The maximum absolute atomic E-state index is 13.5. The van der Waals surface area contributed by atoms with Gasteiger partial charge in [-0.2, -0.15) is 0 Å². The van der Waals surface area contributed by atoms with Gasteiger partial charge in [-0.1, -0.05) is 36.4 Å². The number of halogens is 1. The molecule has 1 aromatic heterocycles. The molecule has 1 fully saturated rings. The smallest absolute Gasteiger partial charge is 0.410 e. The third kappa shape index (κ3) is 6.03. The second-order valence-corrected chi connectivity index (χ2v) is 10.7. The fourth-order valence-electron chi connectivity index (χ4n) is 4.62. The molecule has 1 aliphatic heterocycles. The summed E-state index contributed by atoms with van der Waals surface area (Å²) in [6.07, 6.45) is -1.17. The lowest BCUT2D eigenvalue weighted by Crippen LogP contribution is -2.36. The maximum atomic E-state index is 13.5. The maximum Gasteiger partial charge on any atom is 0.410 e. The number of aryl methyl sites for hydroxylation is 1. The number of esters is 1. The summed E-state index contributed by atoms with van der Waals surface area (Å²) in [4.78, 5) is 35.7. The molecule has 0 aliphatic carbocycles. The monoisotopic (exact) mass is 530 g/mol. The van der Waals surface area contributed by atoms with Crippen LogP contribution in [-0.4, -0.2) is 57.8 Å². The summed E-state index contributed by atoms with van der Waals surface area (Å²) in [7, 11) is 0. The standard InChI is InChI=1S/C30H31FN4O4/c1-18-9-14-23-24(15-18)33-28(32-23)34-25-16-35(29(37)39-30(2,3)4)17-26(25)38-27(36)22-8-6-5-7-21(22)19-10-12-20(31)13-11-19/h5-15,25-26H,16-17H2,1-4H3,(H2,32,33,34)/t25-,26-/m0/s1. The van der Waals surface area contributed by atoms with E-state index in [0.717, 1.165) is 16.6 Å². The summed E-state index contributed by atoms with van der Waals surface area (Å²) in [5.74, 6) is -0.390. The molecular formula is C30H31FN4O4. The fraction of sp³-hybridized carbons (Fsp3) is 0.300. The Morgan fingerprint density at radius 2 is 1.79 bits per heavy atom. The lowest BCUT2D eigenvalue weighted by molar-refractivity contribution is 0.0187. The number of carbonyl (C=O) groups excluding carboxylic acids is 2. The van der Waals surface area contributed by atoms with Crippen molar-refractivity contribution in [2.24, 2.45) is 0 Å². The third-order valence-corrected chi connectivity index (χ3v) is 6.44. The van der Waals surface area contributed by atoms with Crippen molar-refractivity contribution in [1.29, 1.82) is 0 Å². The van der Waals surface area contributed by atoms with Crippen LogP contribution in [0.4, 0.5) is 15.1 Å². The highest BCUT2D eigenvalue weighted by Crippen LogP contribution is 2.27. The van der Waals surface area contributed by atoms with Gasteiger partial charge in [0.05, 0.1) is 29.2 Å². The minimum atomic E-state index is -0.679. The van der Waals surface area contributed by atoms with E-state index in [1.54, 1.807) is 51.1 Å². The molecular weight excluding hydrogens is 499 g/mol. The lowest BCUT2D eigenvalue weighted by atomic mass is 10.00. The Morgan fingerprint density at radius 1 is 1.05 bits per heavy atom. The second-order valence-electron chi connectivity index (χ2n) is 10.7. The van der Waals surface area contributed by atoms with E-state index in [0.29, 0.717) is 22.6 Å². The molecule has 202 valence electrons. The number of aromatic amines is 1. The zero-order valence-electron chi connectivity index (χ0n) is 22.3. The van der Waals surface area contributed by atoms with Gasteiger partial charge in [-0.3, -0.25) is 0 Å². The SMILES string of the molecule is Cc1ccc2nc(N[C@H]3CN(C(=O)OC(C)(C)C)C[C@@H]3OC(=O)c3ccccc3-c3ccc(F)cc3)[nH]c2c1. The molecule has 9 heteroatoms. The first-order chi connectivity index (χ1) is 18.6. The Hall–Kier alpha value is -4.40. The molecule has 1 aliphatic rings. The van der Waals surface area contributed by atoms with Crippen LogP contribution < -0.4 is 5.32 Å². The summed E-state index contributed by atoms with van der Waals surface area (Å²) in [6, 6.07) is 18.4. The molecule has 39 heavy (non-hydrogen) atoms. The van der Waals surface area contributed by atoms with Crippen LogP contribution in [0.5, 0.6) is 0 Å². The van der Waals surface area contributed by atoms with E-state index in [1.165, 1.54) is 17.0 Å². The number of carbonyl (C=O) groups is 2. The van der Waals surface area contributed by atoms with Crippen molar-refractivity contribution >= 4 is 29.0 Å². The summed E-state index contributed by atoms with van der Waals surface area (Å²) in [6.45, 7) is 7.81. The molecule has 2 N–H and O–H groups in total. The molecule has 3 aromatic carbocycles. The van der Waals surface area contributed by atoms with Crippen molar-refractivity contribution in [2.45, 2.75) is 45.4 Å². The van der Waals surface area contributed by atoms with Crippen molar-refractivity contribution in [3.8, 4) is 11.1 Å². The van der Waals surface area contributed by atoms with E-state index < -0.39 is 29.8 Å². The Balaban J connectivity index is 1.40. The van der Waals surface area contributed by atoms with E-state index in [-0.39, 0.29) is 18.9 Å². The zero-order chi connectivity index (χ0) is 27.7. The van der Waals surface area contributed by atoms with E-state index in [9.17, 15) is 14.0 Å². The molecule has 0 bridgehead atoms. The first-order valence-electron chi connectivity index (χ1n) is 12.8. The van der Waals surface area contributed by atoms with Gasteiger partial charge in [0, 0.05) is 6.54 Å². The Bertz CT molecular complexity index is 1510. The van der Waals surface area contributed by atoms with Gasteiger partial charge in [-0.25, -0.2) is 19.0 Å². The average molecular weight is 531 g/mol. The number of aromatic nitrogens is 2. The molecule has 0 spiro atoms. The Kier molecular flexibility index (Phi) is 6.99. The summed E-state index contributed by atoms with van der Waals surface area (Å²) >= 11 is 0. The lowest BCUT2D eigenvalue weighted by Gasteiger charge is -2.24. The molecule has 0 unspecified atom stereocenters. The van der Waals surface area contributed by atoms with Crippen LogP contribution >= 0.6 is 0 Å². The predicted molar refractivity (Wildman–Crippen MR) is 147 cm³/mol. The van der Waals surface area contributed by atoms with Crippen molar-refractivity contribution in [3.63, 3.8) is 0 Å². The minimum Gasteiger partial charge on any atom is -0.455 e. The van der Waals surface area contributed by atoms with Crippen LogP contribution in [0, 0.1) is 12.7 Å². The molecule has 2 atom stereocenters. The number of hydrogen-bond acceptors (Lipinski definition) is 6. The van der Waals surface area contributed by atoms with Crippen molar-refractivity contribution in [2.75, 3.05) is 18.4 Å². The molecule has 8 nitrogen and oxygen atoms in total. The number of H-pyrrole nitrogens is 1. The number of likely N-dealkylation sites (tertiary alicyclic amines) is 1. The first-order valence-corrected chi connectivity index (χ1v) is 12.8. The molecule has 2 heterocycles. The van der Waals surface area contributed by atoms with Crippen LogP contribution in [0.25, 0.3) is 22.2 Å². The number of amides is 1. The van der Waals surface area contributed by atoms with E-state index >= 15 is 0 Å². The normalized spacial score (nSPS) is 17.3. The number of fused-ring (bicyclic) bond motifs is 1. The molecule has 5 rings (SSSR count). The van der Waals surface area contributed by atoms with Crippen LogP contribution in [0.3, 0.4) is 0 Å². The number of hydrogen-bond donors (Lipinski definition) is 2. The van der Waals surface area contributed by atoms with E-state index in [1.807, 2.05) is 31.2 Å².